The van der Waals surface area contributed by atoms with Crippen LogP contribution in [0.1, 0.15) is 24.0 Å². The first-order valence-electron chi connectivity index (χ1n) is 6.83. The molecule has 0 saturated heterocycles. The van der Waals surface area contributed by atoms with Crippen LogP contribution >= 0.6 is 24.0 Å². The van der Waals surface area contributed by atoms with Gasteiger partial charge < -0.3 is 11.1 Å². The summed E-state index contributed by atoms with van der Waals surface area (Å²) in [5.74, 6) is 0.812. The SMILES string of the molecule is Cc1cccc(NC(N)=NCC(C)c2ccccc2)c1.I. The van der Waals surface area contributed by atoms with Crippen LogP contribution in [0.4, 0.5) is 5.69 Å². The van der Waals surface area contributed by atoms with Crippen LogP contribution in [0.5, 0.6) is 0 Å². The zero-order valence-corrected chi connectivity index (χ0v) is 14.7. The Morgan fingerprint density at radius 2 is 1.86 bits per heavy atom. The lowest BCUT2D eigenvalue weighted by atomic mass is 10.0. The Morgan fingerprint density at radius 3 is 2.52 bits per heavy atom. The van der Waals surface area contributed by atoms with E-state index < -0.39 is 0 Å². The number of aryl methyl sites for hydroxylation is 1. The van der Waals surface area contributed by atoms with Crippen molar-refractivity contribution in [1.29, 1.82) is 0 Å². The van der Waals surface area contributed by atoms with Crippen molar-refractivity contribution in [1.82, 2.24) is 0 Å². The van der Waals surface area contributed by atoms with Crippen LogP contribution in [-0.2, 0) is 0 Å². The van der Waals surface area contributed by atoms with Crippen molar-refractivity contribution in [2.75, 3.05) is 11.9 Å². The van der Waals surface area contributed by atoms with E-state index in [9.17, 15) is 0 Å². The van der Waals surface area contributed by atoms with Gasteiger partial charge in [0.2, 0.25) is 0 Å². The first kappa shape index (κ1) is 17.5. The molecule has 2 aromatic rings. The minimum Gasteiger partial charge on any atom is -0.370 e. The lowest BCUT2D eigenvalue weighted by Gasteiger charge is -2.10. The number of anilines is 1. The summed E-state index contributed by atoms with van der Waals surface area (Å²) in [7, 11) is 0. The number of aliphatic imine (C=N–C) groups is 1. The van der Waals surface area contributed by atoms with Gasteiger partial charge in [0.05, 0.1) is 0 Å². The first-order chi connectivity index (χ1) is 9.65. The highest BCUT2D eigenvalue weighted by Crippen LogP contribution is 2.14. The van der Waals surface area contributed by atoms with Gasteiger partial charge in [-0.3, -0.25) is 4.99 Å². The number of nitrogens with one attached hydrogen (secondary N) is 1. The fourth-order valence-corrected chi connectivity index (χ4v) is 2.03. The molecule has 21 heavy (non-hydrogen) atoms. The van der Waals surface area contributed by atoms with Crippen molar-refractivity contribution in [3.8, 4) is 0 Å². The van der Waals surface area contributed by atoms with Gasteiger partial charge in [-0.25, -0.2) is 0 Å². The summed E-state index contributed by atoms with van der Waals surface area (Å²) in [5, 5.41) is 3.12. The molecule has 0 radical (unpaired) electrons. The average molecular weight is 395 g/mol. The predicted octanol–water partition coefficient (Wildman–Crippen LogP) is 4.14. The average Bonchev–Trinajstić information content (AvgIpc) is 2.46. The molecule has 0 aliphatic carbocycles. The molecule has 4 heteroatoms. The van der Waals surface area contributed by atoms with Crippen molar-refractivity contribution in [3.05, 3.63) is 65.7 Å². The van der Waals surface area contributed by atoms with E-state index in [0.29, 0.717) is 18.4 Å². The van der Waals surface area contributed by atoms with Crippen molar-refractivity contribution in [2.45, 2.75) is 19.8 Å². The predicted molar refractivity (Wildman–Crippen MR) is 102 cm³/mol. The molecule has 0 bridgehead atoms. The van der Waals surface area contributed by atoms with E-state index >= 15 is 0 Å². The number of benzene rings is 2. The Balaban J connectivity index is 0.00000220. The van der Waals surface area contributed by atoms with Crippen molar-refractivity contribution in [3.63, 3.8) is 0 Å². The van der Waals surface area contributed by atoms with Gasteiger partial charge in [0.1, 0.15) is 0 Å². The van der Waals surface area contributed by atoms with Crippen LogP contribution in [0.15, 0.2) is 59.6 Å². The van der Waals surface area contributed by atoms with Gasteiger partial charge in [0, 0.05) is 18.2 Å². The molecule has 3 nitrogen and oxygen atoms in total. The van der Waals surface area contributed by atoms with Crippen LogP contribution in [0.3, 0.4) is 0 Å². The lowest BCUT2D eigenvalue weighted by Crippen LogP contribution is -2.23. The lowest BCUT2D eigenvalue weighted by molar-refractivity contribution is 0.774. The van der Waals surface area contributed by atoms with Crippen LogP contribution in [-0.4, -0.2) is 12.5 Å². The van der Waals surface area contributed by atoms with Crippen LogP contribution < -0.4 is 11.1 Å². The highest BCUT2D eigenvalue weighted by molar-refractivity contribution is 14.0. The number of halogens is 1. The van der Waals surface area contributed by atoms with Gasteiger partial charge >= 0.3 is 0 Å². The molecule has 0 aromatic heterocycles. The van der Waals surface area contributed by atoms with Gasteiger partial charge in [-0.1, -0.05) is 49.4 Å². The number of nitrogens with zero attached hydrogens (tertiary/aromatic N) is 1. The van der Waals surface area contributed by atoms with Gasteiger partial charge in [0.25, 0.3) is 0 Å². The molecule has 0 aliphatic heterocycles. The third-order valence-corrected chi connectivity index (χ3v) is 3.19. The summed E-state index contributed by atoms with van der Waals surface area (Å²) in [5.41, 5.74) is 9.36. The minimum absolute atomic E-state index is 0. The van der Waals surface area contributed by atoms with E-state index in [1.165, 1.54) is 11.1 Å². The largest absolute Gasteiger partial charge is 0.370 e. The maximum absolute atomic E-state index is 5.92. The Labute approximate surface area is 143 Å². The second-order valence-corrected chi connectivity index (χ2v) is 5.03. The molecule has 0 spiro atoms. The summed E-state index contributed by atoms with van der Waals surface area (Å²) < 4.78 is 0. The highest BCUT2D eigenvalue weighted by atomic mass is 127. The number of hydrogen-bond donors (Lipinski definition) is 2. The van der Waals surface area contributed by atoms with E-state index in [2.05, 4.69) is 42.4 Å². The number of rotatable bonds is 4. The summed E-state index contributed by atoms with van der Waals surface area (Å²) >= 11 is 0. The molecular formula is C17H22IN3. The molecule has 2 aromatic carbocycles. The normalized spacial score (nSPS) is 12.4. The second kappa shape index (κ2) is 8.67. The second-order valence-electron chi connectivity index (χ2n) is 5.03. The zero-order valence-electron chi connectivity index (χ0n) is 12.4. The third kappa shape index (κ3) is 5.75. The smallest absolute Gasteiger partial charge is 0.193 e. The Bertz CT molecular complexity index is 582. The van der Waals surface area contributed by atoms with Crippen LogP contribution in [0.25, 0.3) is 0 Å². The number of nitrogens with two attached hydrogens (primary N) is 1. The van der Waals surface area contributed by atoms with E-state index in [1.54, 1.807) is 0 Å². The fourth-order valence-electron chi connectivity index (χ4n) is 2.03. The maximum atomic E-state index is 5.92. The Morgan fingerprint density at radius 1 is 1.14 bits per heavy atom. The van der Waals surface area contributed by atoms with Gasteiger partial charge in [-0.05, 0) is 30.2 Å². The molecule has 3 N–H and O–H groups in total. The molecule has 0 heterocycles. The fraction of sp³-hybridized carbons (Fsp3) is 0.235. The standard InChI is InChI=1S/C17H21N3.HI/c1-13-7-6-10-16(11-13)20-17(18)19-12-14(2)15-8-4-3-5-9-15;/h3-11,14H,12H2,1-2H3,(H3,18,19,20);1H. The minimum atomic E-state index is 0. The molecule has 112 valence electrons. The van der Waals surface area contributed by atoms with E-state index in [-0.39, 0.29) is 24.0 Å². The molecule has 1 unspecified atom stereocenters. The molecule has 0 fully saturated rings. The number of guanidine groups is 1. The molecule has 0 amide bonds. The summed E-state index contributed by atoms with van der Waals surface area (Å²) in [6.45, 7) is 4.88. The first-order valence-corrected chi connectivity index (χ1v) is 6.83. The summed E-state index contributed by atoms with van der Waals surface area (Å²) in [6.07, 6.45) is 0. The Hall–Kier alpha value is -1.56. The quantitative estimate of drug-likeness (QED) is 0.465. The zero-order chi connectivity index (χ0) is 14.4. The third-order valence-electron chi connectivity index (χ3n) is 3.19. The van der Waals surface area contributed by atoms with E-state index in [0.717, 1.165) is 5.69 Å². The van der Waals surface area contributed by atoms with Gasteiger partial charge in [-0.2, -0.15) is 0 Å². The van der Waals surface area contributed by atoms with E-state index in [4.69, 9.17) is 5.73 Å². The van der Waals surface area contributed by atoms with Crippen LogP contribution in [0, 0.1) is 6.92 Å². The van der Waals surface area contributed by atoms with Crippen molar-refractivity contribution >= 4 is 35.6 Å². The molecule has 2 rings (SSSR count). The molecular weight excluding hydrogens is 373 g/mol. The monoisotopic (exact) mass is 395 g/mol. The maximum Gasteiger partial charge on any atom is 0.193 e. The Kier molecular flexibility index (Phi) is 7.22. The molecule has 0 saturated carbocycles. The summed E-state index contributed by atoms with van der Waals surface area (Å²) in [6, 6.07) is 18.4. The van der Waals surface area contributed by atoms with Crippen molar-refractivity contribution < 1.29 is 0 Å². The highest BCUT2D eigenvalue weighted by Gasteiger charge is 2.04. The van der Waals surface area contributed by atoms with E-state index in [1.807, 2.05) is 36.4 Å². The topological polar surface area (TPSA) is 50.4 Å². The number of hydrogen-bond acceptors (Lipinski definition) is 1. The molecule has 1 atom stereocenters. The summed E-state index contributed by atoms with van der Waals surface area (Å²) in [4.78, 5) is 4.41. The molecule has 0 aliphatic rings. The van der Waals surface area contributed by atoms with Gasteiger partial charge in [-0.15, -0.1) is 24.0 Å². The van der Waals surface area contributed by atoms with Crippen LogP contribution in [0.2, 0.25) is 0 Å². The van der Waals surface area contributed by atoms with Gasteiger partial charge in [0.15, 0.2) is 5.96 Å². The van der Waals surface area contributed by atoms with Crippen molar-refractivity contribution in [2.24, 2.45) is 10.7 Å².